The summed E-state index contributed by atoms with van der Waals surface area (Å²) in [6.45, 7) is 12.1. The van der Waals surface area contributed by atoms with Gasteiger partial charge in [-0.2, -0.15) is 5.26 Å². The molecule has 23 heteroatoms. The van der Waals surface area contributed by atoms with Crippen LogP contribution in [0.4, 0.5) is 9.59 Å². The summed E-state index contributed by atoms with van der Waals surface area (Å²) >= 11 is 6.45. The Bertz CT molecular complexity index is 2560. The van der Waals surface area contributed by atoms with Crippen LogP contribution in [-0.4, -0.2) is 173 Å². The second-order valence-corrected chi connectivity index (χ2v) is 22.5. The average molecular weight is 1060 g/mol. The van der Waals surface area contributed by atoms with E-state index in [1.54, 1.807) is 42.5 Å². The van der Waals surface area contributed by atoms with Crippen molar-refractivity contribution >= 4 is 43.7 Å². The fourth-order valence-corrected chi connectivity index (χ4v) is 12.3. The largest absolute Gasteiger partial charge is 0.484 e. The third-order valence-electron chi connectivity index (χ3n) is 13.6. The number of halogens is 1. The standard InChI is InChI=1S/C49H70ClN11O9S2/c1-35-32-61(21-16-53-35)45-30-43-37(31-51)28-38(50)29-44(43)47(45)70-40-8-10-41(11-9-40)72(66,67)58-39-13-20-60(34-39)23-27-69-25-18-57-49(63)55-15-5-4-14-54-48(62)56-17-24-68-26-22-59-19-12-36(33-59)42-6-2-3-7-46(42)71(52,64)65/h2-3,6-11,28-29,35-36,39,45,47,53,58H,4-5,12-27,30,32-34H2,1H3,(H2,52,64,65)(H2,54,56,62)(H2,55,57,63)/t35-,36+,39+,45-,47-/m0/s1. The maximum Gasteiger partial charge on any atom is 0.314 e. The van der Waals surface area contributed by atoms with Crippen molar-refractivity contribution in [1.29, 1.82) is 5.26 Å². The molecule has 0 unspecified atom stereocenters. The summed E-state index contributed by atoms with van der Waals surface area (Å²) in [5.41, 5.74) is 3.14. The quantitative estimate of drug-likeness (QED) is 0.0602. The summed E-state index contributed by atoms with van der Waals surface area (Å²) in [5.74, 6) is 0.623. The number of piperazine rings is 1. The van der Waals surface area contributed by atoms with E-state index in [9.17, 15) is 31.7 Å². The summed E-state index contributed by atoms with van der Waals surface area (Å²) in [7, 11) is -7.58. The topological polar surface area (TPSA) is 262 Å². The number of sulfonamides is 2. The van der Waals surface area contributed by atoms with Crippen LogP contribution in [0.15, 0.2) is 70.5 Å². The van der Waals surface area contributed by atoms with Gasteiger partial charge in [-0.25, -0.2) is 36.3 Å². The fourth-order valence-electron chi connectivity index (χ4n) is 9.96. The Morgan fingerprint density at radius 2 is 1.44 bits per heavy atom. The summed E-state index contributed by atoms with van der Waals surface area (Å²) in [6.07, 6.45) is 3.16. The number of amides is 4. The highest BCUT2D eigenvalue weighted by Gasteiger charge is 2.41. The van der Waals surface area contributed by atoms with E-state index in [0.29, 0.717) is 120 Å². The molecule has 3 saturated heterocycles. The van der Waals surface area contributed by atoms with Crippen molar-refractivity contribution in [1.82, 2.24) is 46.0 Å². The molecule has 20 nitrogen and oxygen atoms in total. The molecule has 8 N–H and O–H groups in total. The number of nitrogens with zero attached hydrogens (tertiary/aromatic N) is 4. The molecule has 5 atom stereocenters. The van der Waals surface area contributed by atoms with Gasteiger partial charge >= 0.3 is 12.1 Å². The Morgan fingerprint density at radius 3 is 2.10 bits per heavy atom. The van der Waals surface area contributed by atoms with E-state index in [1.165, 1.54) is 0 Å². The van der Waals surface area contributed by atoms with E-state index >= 15 is 0 Å². The molecule has 3 fully saturated rings. The number of fused-ring (bicyclic) bond motifs is 1. The minimum Gasteiger partial charge on any atom is -0.484 e. The zero-order valence-electron chi connectivity index (χ0n) is 41.0. The van der Waals surface area contributed by atoms with Crippen LogP contribution in [0, 0.1) is 11.3 Å². The number of nitrogens with two attached hydrogens (primary N) is 1. The normalized spacial score (nSPS) is 21.8. The molecular weight excluding hydrogens is 986 g/mol. The number of ether oxygens (including phenoxy) is 3. The second-order valence-electron chi connectivity index (χ2n) is 18.8. The van der Waals surface area contributed by atoms with E-state index in [0.717, 1.165) is 62.4 Å². The number of unbranched alkanes of at least 4 members (excludes halogenated alkanes) is 1. The van der Waals surface area contributed by atoms with Crippen LogP contribution >= 0.6 is 11.6 Å². The van der Waals surface area contributed by atoms with Crippen LogP contribution < -0.4 is 41.2 Å². The van der Waals surface area contributed by atoms with Crippen molar-refractivity contribution in [2.75, 3.05) is 112 Å². The lowest BCUT2D eigenvalue weighted by Gasteiger charge is -2.38. The van der Waals surface area contributed by atoms with Gasteiger partial charge < -0.3 is 45.7 Å². The van der Waals surface area contributed by atoms with Gasteiger partial charge in [0.15, 0.2) is 0 Å². The van der Waals surface area contributed by atoms with E-state index in [-0.39, 0.29) is 46.0 Å². The predicted octanol–water partition coefficient (Wildman–Crippen LogP) is 2.45. The molecular formula is C49H70ClN11O9S2. The summed E-state index contributed by atoms with van der Waals surface area (Å²) < 4.78 is 71.8. The maximum atomic E-state index is 13.4. The van der Waals surface area contributed by atoms with Gasteiger partial charge in [-0.15, -0.1) is 0 Å². The molecule has 4 amide bonds. The van der Waals surface area contributed by atoms with Gasteiger partial charge in [-0.05, 0) is 117 Å². The van der Waals surface area contributed by atoms with Crippen LogP contribution in [0.1, 0.15) is 66.9 Å². The van der Waals surface area contributed by atoms with Crippen molar-refractivity contribution < 1.29 is 40.6 Å². The highest BCUT2D eigenvalue weighted by molar-refractivity contribution is 7.89. The van der Waals surface area contributed by atoms with Gasteiger partial charge in [0, 0.05) is 89.1 Å². The Labute approximate surface area is 429 Å². The third kappa shape index (κ3) is 15.9. The number of primary sulfonamides is 1. The lowest BCUT2D eigenvalue weighted by Crippen LogP contribution is -2.54. The monoisotopic (exact) mass is 1060 g/mol. The molecule has 1 aliphatic carbocycles. The van der Waals surface area contributed by atoms with E-state index in [4.69, 9.17) is 31.0 Å². The van der Waals surface area contributed by atoms with Crippen LogP contribution in [-0.2, 0) is 35.9 Å². The van der Waals surface area contributed by atoms with Crippen LogP contribution in [0.2, 0.25) is 5.02 Å². The number of carbonyl (C=O) groups is 2. The number of hydrogen-bond acceptors (Lipinski definition) is 14. The molecule has 3 aromatic rings. The lowest BCUT2D eigenvalue weighted by molar-refractivity contribution is 0.0595. The molecule has 3 aromatic carbocycles. The number of benzene rings is 3. The van der Waals surface area contributed by atoms with Gasteiger partial charge in [-0.3, -0.25) is 9.80 Å². The van der Waals surface area contributed by atoms with Gasteiger partial charge in [0.05, 0.1) is 53.9 Å². The molecule has 394 valence electrons. The third-order valence-corrected chi connectivity index (χ3v) is 16.3. The molecule has 72 heavy (non-hydrogen) atoms. The summed E-state index contributed by atoms with van der Waals surface area (Å²) in [6, 6.07) is 18.7. The van der Waals surface area contributed by atoms with Crippen LogP contribution in [0.3, 0.4) is 0 Å². The Kier molecular flexibility index (Phi) is 20.3. The second kappa shape index (κ2) is 26.5. The molecule has 0 bridgehead atoms. The molecule has 0 saturated carbocycles. The minimum absolute atomic E-state index is 0.00374. The van der Waals surface area contributed by atoms with Gasteiger partial charge in [-0.1, -0.05) is 29.8 Å². The molecule has 0 spiro atoms. The van der Waals surface area contributed by atoms with Gasteiger partial charge in [0.1, 0.15) is 11.9 Å². The van der Waals surface area contributed by atoms with Crippen molar-refractivity contribution in [3.8, 4) is 11.8 Å². The molecule has 7 rings (SSSR count). The van der Waals surface area contributed by atoms with E-state index < -0.39 is 20.0 Å². The maximum absolute atomic E-state index is 13.4. The van der Waals surface area contributed by atoms with Crippen molar-refractivity contribution in [2.45, 2.75) is 79.0 Å². The zero-order valence-corrected chi connectivity index (χ0v) is 43.3. The first kappa shape index (κ1) is 55.1. The minimum atomic E-state index is -3.80. The summed E-state index contributed by atoms with van der Waals surface area (Å²) in [4.78, 5) is 31.5. The van der Waals surface area contributed by atoms with Crippen molar-refractivity contribution in [3.63, 3.8) is 0 Å². The average Bonchev–Trinajstić information content (AvgIpc) is 4.11. The highest BCUT2D eigenvalue weighted by atomic mass is 35.5. The lowest BCUT2D eigenvalue weighted by atomic mass is 9.98. The predicted molar refractivity (Wildman–Crippen MR) is 273 cm³/mol. The molecule has 3 aliphatic heterocycles. The molecule has 0 aromatic heterocycles. The molecule has 3 heterocycles. The molecule has 0 radical (unpaired) electrons. The van der Waals surface area contributed by atoms with E-state index in [1.807, 2.05) is 18.2 Å². The number of nitriles is 1. The van der Waals surface area contributed by atoms with Crippen LogP contribution in [0.25, 0.3) is 0 Å². The van der Waals surface area contributed by atoms with Crippen molar-refractivity contribution in [3.05, 3.63) is 87.9 Å². The first-order valence-corrected chi connectivity index (χ1v) is 28.3. The number of urea groups is 2. The Balaban J connectivity index is 0.686. The first-order chi connectivity index (χ1) is 34.7. The first-order valence-electron chi connectivity index (χ1n) is 24.9. The number of hydrogen-bond donors (Lipinski definition) is 7. The van der Waals surface area contributed by atoms with E-state index in [2.05, 4.69) is 59.0 Å². The van der Waals surface area contributed by atoms with Crippen molar-refractivity contribution in [2.24, 2.45) is 5.14 Å². The van der Waals surface area contributed by atoms with Crippen LogP contribution in [0.5, 0.6) is 5.75 Å². The number of nitrogens with one attached hydrogen (secondary N) is 6. The number of carbonyl (C=O) groups excluding carboxylic acids is 2. The fraction of sp³-hybridized carbons (Fsp3) is 0.571. The Morgan fingerprint density at radius 1 is 0.806 bits per heavy atom. The molecule has 4 aliphatic rings. The summed E-state index contributed by atoms with van der Waals surface area (Å²) in [5, 5.41) is 30.4. The van der Waals surface area contributed by atoms with Gasteiger partial charge in [0.2, 0.25) is 20.0 Å². The SMILES string of the molecule is C[C@H]1CN([C@H]2Cc3c(C#N)cc(Cl)cc3[C@@H]2Oc2ccc(S(=O)(=O)N[C@@H]3CCN(CCOCCNC(=O)NCCCCNC(=O)NCCOCCN4CC[C@@H](c5ccccc5S(N)(=O)=O)C4)C3)cc2)CCN1. The highest BCUT2D eigenvalue weighted by Crippen LogP contribution is 2.41. The van der Waals surface area contributed by atoms with Gasteiger partial charge in [0.25, 0.3) is 0 Å². The zero-order chi connectivity index (χ0) is 51.1. The Hall–Kier alpha value is -4.64. The number of rotatable bonds is 25. The number of likely N-dealkylation sites (tertiary alicyclic amines) is 2. The smallest absolute Gasteiger partial charge is 0.314 e.